The average molecular weight is 318 g/mol. The molecule has 3 rings (SSSR count). The summed E-state index contributed by atoms with van der Waals surface area (Å²) in [6, 6.07) is 9.78. The molecule has 3 N–H and O–H groups in total. The molecule has 22 heavy (non-hydrogen) atoms. The largest absolute Gasteiger partial charge is 0.399 e. The number of nitrogen functional groups attached to an aromatic ring is 1. The number of aliphatic hydroxyl groups excluding tert-OH is 1. The van der Waals surface area contributed by atoms with Crippen LogP contribution in [0.2, 0.25) is 5.15 Å². The lowest BCUT2D eigenvalue weighted by Crippen LogP contribution is -2.36. The predicted octanol–water partition coefficient (Wildman–Crippen LogP) is 3.25. The van der Waals surface area contributed by atoms with E-state index in [9.17, 15) is 5.11 Å². The lowest BCUT2D eigenvalue weighted by Gasteiger charge is -2.30. The van der Waals surface area contributed by atoms with E-state index in [1.165, 1.54) is 0 Å². The Labute approximate surface area is 135 Å². The van der Waals surface area contributed by atoms with E-state index in [4.69, 9.17) is 17.3 Å². The Kier molecular flexibility index (Phi) is 4.23. The number of piperidine rings is 1. The van der Waals surface area contributed by atoms with Crippen molar-refractivity contribution in [1.29, 1.82) is 0 Å². The van der Waals surface area contributed by atoms with Gasteiger partial charge in [-0.2, -0.15) is 0 Å². The van der Waals surface area contributed by atoms with E-state index in [1.54, 1.807) is 0 Å². The maximum absolute atomic E-state index is 9.64. The molecule has 0 radical (unpaired) electrons. The highest BCUT2D eigenvalue weighted by Gasteiger charge is 2.19. The molecule has 0 saturated carbocycles. The molecule has 2 heterocycles. The van der Waals surface area contributed by atoms with Gasteiger partial charge in [-0.25, -0.2) is 4.98 Å². The van der Waals surface area contributed by atoms with Gasteiger partial charge < -0.3 is 15.7 Å². The summed E-state index contributed by atoms with van der Waals surface area (Å²) in [7, 11) is 0. The van der Waals surface area contributed by atoms with Crippen molar-refractivity contribution in [1.82, 2.24) is 4.98 Å². The van der Waals surface area contributed by atoms with Crippen molar-refractivity contribution < 1.29 is 5.11 Å². The van der Waals surface area contributed by atoms with Gasteiger partial charge in [-0.05, 0) is 60.7 Å². The number of hydrogen-bond donors (Lipinski definition) is 2. The Hall–Kier alpha value is -1.78. The van der Waals surface area contributed by atoms with E-state index in [0.29, 0.717) is 5.15 Å². The molecule has 0 spiro atoms. The molecule has 0 atom stereocenters. The molecule has 1 aliphatic rings. The van der Waals surface area contributed by atoms with Gasteiger partial charge in [0, 0.05) is 18.8 Å². The highest BCUT2D eigenvalue weighted by Crippen LogP contribution is 2.31. The summed E-state index contributed by atoms with van der Waals surface area (Å²) in [5.41, 5.74) is 9.89. The van der Waals surface area contributed by atoms with Crippen LogP contribution in [0, 0.1) is 6.92 Å². The maximum Gasteiger partial charge on any atom is 0.132 e. The number of halogens is 1. The van der Waals surface area contributed by atoms with Crippen molar-refractivity contribution in [3.8, 4) is 11.1 Å². The normalized spacial score (nSPS) is 16.0. The topological polar surface area (TPSA) is 62.4 Å². The minimum absolute atomic E-state index is 0.203. The van der Waals surface area contributed by atoms with Crippen LogP contribution in [0.1, 0.15) is 18.4 Å². The average Bonchev–Trinajstić information content (AvgIpc) is 2.50. The smallest absolute Gasteiger partial charge is 0.132 e. The van der Waals surface area contributed by atoms with Gasteiger partial charge in [0.2, 0.25) is 0 Å². The van der Waals surface area contributed by atoms with E-state index >= 15 is 0 Å². The first-order chi connectivity index (χ1) is 10.5. The van der Waals surface area contributed by atoms with Crippen LogP contribution in [-0.4, -0.2) is 29.3 Å². The number of aromatic nitrogens is 1. The lowest BCUT2D eigenvalue weighted by atomic mass is 10.0. The standard InChI is InChI=1S/C17H20ClN3O/c1-11-2-3-13(19)10-15(11)12-8-16(18)20-17(9-12)21-6-4-14(22)5-7-21/h2-3,8-10,14,22H,4-7,19H2,1H3. The monoisotopic (exact) mass is 317 g/mol. The zero-order valence-corrected chi connectivity index (χ0v) is 13.3. The second kappa shape index (κ2) is 6.15. The van der Waals surface area contributed by atoms with Crippen molar-refractivity contribution in [2.24, 2.45) is 0 Å². The number of aryl methyl sites for hydroxylation is 1. The lowest BCUT2D eigenvalue weighted by molar-refractivity contribution is 0.145. The van der Waals surface area contributed by atoms with Gasteiger partial charge in [-0.15, -0.1) is 0 Å². The minimum Gasteiger partial charge on any atom is -0.399 e. The van der Waals surface area contributed by atoms with Gasteiger partial charge in [0.05, 0.1) is 6.10 Å². The molecule has 4 nitrogen and oxygen atoms in total. The van der Waals surface area contributed by atoms with Gasteiger partial charge in [-0.3, -0.25) is 0 Å². The van der Waals surface area contributed by atoms with Gasteiger partial charge in [-0.1, -0.05) is 17.7 Å². The van der Waals surface area contributed by atoms with Crippen molar-refractivity contribution >= 4 is 23.1 Å². The molecular weight excluding hydrogens is 298 g/mol. The van der Waals surface area contributed by atoms with Crippen LogP contribution in [0.15, 0.2) is 30.3 Å². The molecule has 0 aliphatic carbocycles. The third-order valence-electron chi connectivity index (χ3n) is 4.14. The van der Waals surface area contributed by atoms with Crippen molar-refractivity contribution in [2.45, 2.75) is 25.9 Å². The first-order valence-corrected chi connectivity index (χ1v) is 7.88. The molecule has 2 aromatic rings. The molecule has 1 saturated heterocycles. The maximum atomic E-state index is 9.64. The Balaban J connectivity index is 1.98. The molecule has 1 fully saturated rings. The van der Waals surface area contributed by atoms with Crippen molar-refractivity contribution in [3.63, 3.8) is 0 Å². The molecular formula is C17H20ClN3O. The number of aliphatic hydroxyl groups is 1. The number of hydrogen-bond acceptors (Lipinski definition) is 4. The number of anilines is 2. The van der Waals surface area contributed by atoms with E-state index in [0.717, 1.165) is 54.1 Å². The highest BCUT2D eigenvalue weighted by atomic mass is 35.5. The van der Waals surface area contributed by atoms with Crippen molar-refractivity contribution in [3.05, 3.63) is 41.0 Å². The number of pyridine rings is 1. The summed E-state index contributed by atoms with van der Waals surface area (Å²) in [6.07, 6.45) is 1.33. The van der Waals surface area contributed by atoms with Crippen LogP contribution in [-0.2, 0) is 0 Å². The number of nitrogens with zero attached hydrogens (tertiary/aromatic N) is 2. The Bertz CT molecular complexity index is 682. The second-order valence-electron chi connectivity index (χ2n) is 5.83. The summed E-state index contributed by atoms with van der Waals surface area (Å²) < 4.78 is 0. The van der Waals surface area contributed by atoms with E-state index in [2.05, 4.69) is 16.8 Å². The van der Waals surface area contributed by atoms with Crippen LogP contribution < -0.4 is 10.6 Å². The van der Waals surface area contributed by atoms with Gasteiger partial charge in [0.25, 0.3) is 0 Å². The molecule has 1 aliphatic heterocycles. The van der Waals surface area contributed by atoms with E-state index in [1.807, 2.05) is 30.3 Å². The molecule has 1 aromatic carbocycles. The SMILES string of the molecule is Cc1ccc(N)cc1-c1cc(Cl)nc(N2CCC(O)CC2)c1. The third-order valence-corrected chi connectivity index (χ3v) is 4.34. The van der Waals surface area contributed by atoms with Crippen LogP contribution in [0.3, 0.4) is 0 Å². The zero-order chi connectivity index (χ0) is 15.7. The molecule has 5 heteroatoms. The van der Waals surface area contributed by atoms with Crippen LogP contribution in [0.25, 0.3) is 11.1 Å². The first kappa shape index (κ1) is 15.1. The van der Waals surface area contributed by atoms with Crippen molar-refractivity contribution in [2.75, 3.05) is 23.7 Å². The Morgan fingerprint density at radius 2 is 1.95 bits per heavy atom. The number of rotatable bonds is 2. The van der Waals surface area contributed by atoms with Crippen LogP contribution in [0.4, 0.5) is 11.5 Å². The molecule has 1 aromatic heterocycles. The summed E-state index contributed by atoms with van der Waals surface area (Å²) in [5.74, 6) is 0.858. The fourth-order valence-corrected chi connectivity index (χ4v) is 3.05. The van der Waals surface area contributed by atoms with E-state index in [-0.39, 0.29) is 6.10 Å². The Morgan fingerprint density at radius 3 is 2.68 bits per heavy atom. The molecule has 116 valence electrons. The predicted molar refractivity (Wildman–Crippen MR) is 91.3 cm³/mol. The molecule has 0 amide bonds. The minimum atomic E-state index is -0.203. The second-order valence-corrected chi connectivity index (χ2v) is 6.22. The fraction of sp³-hybridized carbons (Fsp3) is 0.353. The van der Waals surface area contributed by atoms with E-state index < -0.39 is 0 Å². The zero-order valence-electron chi connectivity index (χ0n) is 12.6. The summed E-state index contributed by atoms with van der Waals surface area (Å²) >= 11 is 6.22. The van der Waals surface area contributed by atoms with Crippen LogP contribution in [0.5, 0.6) is 0 Å². The first-order valence-electron chi connectivity index (χ1n) is 7.50. The Morgan fingerprint density at radius 1 is 1.23 bits per heavy atom. The van der Waals surface area contributed by atoms with Gasteiger partial charge in [0.15, 0.2) is 0 Å². The summed E-state index contributed by atoms with van der Waals surface area (Å²) in [6.45, 7) is 3.65. The molecule has 0 unspecified atom stereocenters. The highest BCUT2D eigenvalue weighted by molar-refractivity contribution is 6.29. The quantitative estimate of drug-likeness (QED) is 0.659. The van der Waals surface area contributed by atoms with Gasteiger partial charge >= 0.3 is 0 Å². The number of benzene rings is 1. The van der Waals surface area contributed by atoms with Gasteiger partial charge in [0.1, 0.15) is 11.0 Å². The van der Waals surface area contributed by atoms with Crippen LogP contribution >= 0.6 is 11.6 Å². The molecule has 0 bridgehead atoms. The third kappa shape index (κ3) is 3.18. The summed E-state index contributed by atoms with van der Waals surface area (Å²) in [4.78, 5) is 6.61. The fourth-order valence-electron chi connectivity index (χ4n) is 2.85. The summed E-state index contributed by atoms with van der Waals surface area (Å²) in [5, 5.41) is 10.1. The number of nitrogens with two attached hydrogens (primary N) is 1.